The largest absolute Gasteiger partial charge is 0.355 e. The number of nitrogens with zero attached hydrogens (tertiary/aromatic N) is 3. The molecule has 3 rings (SSSR count). The highest BCUT2D eigenvalue weighted by Gasteiger charge is 2.38. The van der Waals surface area contributed by atoms with E-state index in [0.29, 0.717) is 12.0 Å². The van der Waals surface area contributed by atoms with Gasteiger partial charge in [0.25, 0.3) is 0 Å². The van der Waals surface area contributed by atoms with E-state index in [4.69, 9.17) is 0 Å². The summed E-state index contributed by atoms with van der Waals surface area (Å²) in [6.45, 7) is 11.8. The summed E-state index contributed by atoms with van der Waals surface area (Å²) in [6, 6.07) is 1.41. The van der Waals surface area contributed by atoms with Gasteiger partial charge in [-0.25, -0.2) is 0 Å². The van der Waals surface area contributed by atoms with Crippen molar-refractivity contribution in [2.24, 2.45) is 16.8 Å². The monoisotopic (exact) mass is 449 g/mol. The molecule has 0 spiro atoms. The van der Waals surface area contributed by atoms with E-state index in [-0.39, 0.29) is 24.0 Å². The third kappa shape index (κ3) is 5.73. The van der Waals surface area contributed by atoms with Crippen LogP contribution >= 0.6 is 24.0 Å². The zero-order valence-electron chi connectivity index (χ0n) is 15.6. The minimum Gasteiger partial charge on any atom is -0.355 e. The summed E-state index contributed by atoms with van der Waals surface area (Å²) in [6.07, 6.45) is 5.55. The van der Waals surface area contributed by atoms with Gasteiger partial charge in [-0.15, -0.1) is 24.0 Å². The SMILES string of the molecule is CN=C(NCCN1CCCC(C)C1)NC1CN(C2CC2)CC1C.I. The summed E-state index contributed by atoms with van der Waals surface area (Å²) in [5.41, 5.74) is 0. The second-order valence-electron chi connectivity index (χ2n) is 7.96. The number of rotatable bonds is 5. The predicted octanol–water partition coefficient (Wildman–Crippen LogP) is 1.98. The van der Waals surface area contributed by atoms with Crippen LogP contribution in [0.3, 0.4) is 0 Å². The molecule has 0 radical (unpaired) electrons. The van der Waals surface area contributed by atoms with Crippen molar-refractivity contribution in [1.29, 1.82) is 0 Å². The van der Waals surface area contributed by atoms with E-state index in [1.807, 2.05) is 7.05 Å². The minimum absolute atomic E-state index is 0. The molecule has 0 aromatic rings. The molecule has 6 heteroatoms. The van der Waals surface area contributed by atoms with Crippen LogP contribution in [0.2, 0.25) is 0 Å². The minimum atomic E-state index is 0. The van der Waals surface area contributed by atoms with Gasteiger partial charge in [0.1, 0.15) is 0 Å². The van der Waals surface area contributed by atoms with E-state index in [0.717, 1.165) is 31.0 Å². The van der Waals surface area contributed by atoms with Crippen LogP contribution in [-0.4, -0.2) is 74.2 Å². The Morgan fingerprint density at radius 3 is 2.58 bits per heavy atom. The molecule has 3 unspecified atom stereocenters. The predicted molar refractivity (Wildman–Crippen MR) is 112 cm³/mol. The van der Waals surface area contributed by atoms with E-state index >= 15 is 0 Å². The third-order valence-corrected chi connectivity index (χ3v) is 5.71. The van der Waals surface area contributed by atoms with Crippen LogP contribution in [0.4, 0.5) is 0 Å². The molecule has 3 aliphatic rings. The molecular formula is C18H36IN5. The molecule has 1 aliphatic carbocycles. The first kappa shape index (κ1) is 20.2. The van der Waals surface area contributed by atoms with Crippen molar-refractivity contribution >= 4 is 29.9 Å². The van der Waals surface area contributed by atoms with Crippen molar-refractivity contribution in [3.8, 4) is 0 Å². The quantitative estimate of drug-likeness (QED) is 0.383. The maximum Gasteiger partial charge on any atom is 0.191 e. The molecule has 0 aromatic carbocycles. The Morgan fingerprint density at radius 1 is 1.12 bits per heavy atom. The Balaban J connectivity index is 0.00000208. The zero-order valence-corrected chi connectivity index (χ0v) is 18.0. The molecule has 2 saturated heterocycles. The molecule has 3 atom stereocenters. The summed E-state index contributed by atoms with van der Waals surface area (Å²) in [5, 5.41) is 7.17. The summed E-state index contributed by atoms with van der Waals surface area (Å²) in [4.78, 5) is 9.67. The average molecular weight is 449 g/mol. The van der Waals surface area contributed by atoms with Crippen LogP contribution in [-0.2, 0) is 0 Å². The highest BCUT2D eigenvalue weighted by Crippen LogP contribution is 2.31. The van der Waals surface area contributed by atoms with Crippen LogP contribution in [0.1, 0.15) is 39.5 Å². The Labute approximate surface area is 165 Å². The second-order valence-corrected chi connectivity index (χ2v) is 7.96. The molecule has 2 aliphatic heterocycles. The van der Waals surface area contributed by atoms with E-state index < -0.39 is 0 Å². The van der Waals surface area contributed by atoms with Gasteiger partial charge in [0.2, 0.25) is 0 Å². The Bertz CT molecular complexity index is 412. The fraction of sp³-hybridized carbons (Fsp3) is 0.944. The molecule has 2 heterocycles. The van der Waals surface area contributed by atoms with Gasteiger partial charge in [-0.1, -0.05) is 13.8 Å². The van der Waals surface area contributed by atoms with Crippen LogP contribution in [0.25, 0.3) is 0 Å². The molecule has 1 saturated carbocycles. The number of halogens is 1. The number of piperidine rings is 1. The van der Waals surface area contributed by atoms with E-state index in [1.165, 1.54) is 51.9 Å². The smallest absolute Gasteiger partial charge is 0.191 e. The van der Waals surface area contributed by atoms with Crippen molar-refractivity contribution in [2.75, 3.05) is 46.3 Å². The lowest BCUT2D eigenvalue weighted by atomic mass is 10.0. The molecule has 0 aromatic heterocycles. The number of guanidine groups is 1. The van der Waals surface area contributed by atoms with E-state index in [1.54, 1.807) is 0 Å². The third-order valence-electron chi connectivity index (χ3n) is 5.71. The second kappa shape index (κ2) is 9.57. The van der Waals surface area contributed by atoms with Crippen LogP contribution < -0.4 is 10.6 Å². The van der Waals surface area contributed by atoms with Crippen LogP contribution in [0.15, 0.2) is 4.99 Å². The van der Waals surface area contributed by atoms with Crippen LogP contribution in [0.5, 0.6) is 0 Å². The zero-order chi connectivity index (χ0) is 16.2. The van der Waals surface area contributed by atoms with Gasteiger partial charge in [0.15, 0.2) is 5.96 Å². The number of hydrogen-bond donors (Lipinski definition) is 2. The first-order valence-electron chi connectivity index (χ1n) is 9.59. The number of likely N-dealkylation sites (tertiary alicyclic amines) is 2. The Kier molecular flexibility index (Phi) is 8.07. The Hall–Kier alpha value is -0.0800. The van der Waals surface area contributed by atoms with Gasteiger partial charge < -0.3 is 15.5 Å². The molecule has 24 heavy (non-hydrogen) atoms. The lowest BCUT2D eigenvalue weighted by molar-refractivity contribution is 0.186. The molecule has 2 N–H and O–H groups in total. The standard InChI is InChI=1S/C18H35N5.HI/c1-14-5-4-9-22(11-14)10-8-20-18(19-3)21-17-13-23(12-15(17)2)16-6-7-16;/h14-17H,4-13H2,1-3H3,(H2,19,20,21);1H. The fourth-order valence-electron chi connectivity index (χ4n) is 4.12. The lowest BCUT2D eigenvalue weighted by Crippen LogP contribution is -2.48. The summed E-state index contributed by atoms with van der Waals surface area (Å²) in [5.74, 6) is 2.54. The Morgan fingerprint density at radius 2 is 1.92 bits per heavy atom. The summed E-state index contributed by atoms with van der Waals surface area (Å²) in [7, 11) is 1.89. The fourth-order valence-corrected chi connectivity index (χ4v) is 4.12. The van der Waals surface area contributed by atoms with Crippen molar-refractivity contribution in [1.82, 2.24) is 20.4 Å². The normalized spacial score (nSPS) is 32.5. The molecular weight excluding hydrogens is 413 g/mol. The summed E-state index contributed by atoms with van der Waals surface area (Å²) < 4.78 is 0. The molecule has 140 valence electrons. The number of hydrogen-bond acceptors (Lipinski definition) is 3. The maximum absolute atomic E-state index is 4.43. The van der Waals surface area contributed by atoms with E-state index in [2.05, 4.69) is 39.3 Å². The van der Waals surface area contributed by atoms with Crippen molar-refractivity contribution in [2.45, 2.75) is 51.6 Å². The highest BCUT2D eigenvalue weighted by molar-refractivity contribution is 14.0. The first-order valence-corrected chi connectivity index (χ1v) is 9.59. The first-order chi connectivity index (χ1) is 11.2. The van der Waals surface area contributed by atoms with Crippen molar-refractivity contribution in [3.63, 3.8) is 0 Å². The van der Waals surface area contributed by atoms with Crippen LogP contribution in [0, 0.1) is 11.8 Å². The highest BCUT2D eigenvalue weighted by atomic mass is 127. The van der Waals surface area contributed by atoms with Gasteiger partial charge in [-0.2, -0.15) is 0 Å². The maximum atomic E-state index is 4.43. The summed E-state index contributed by atoms with van der Waals surface area (Å²) >= 11 is 0. The van der Waals surface area contributed by atoms with Gasteiger partial charge in [-0.3, -0.25) is 9.89 Å². The topological polar surface area (TPSA) is 42.9 Å². The molecule has 0 bridgehead atoms. The number of nitrogens with one attached hydrogen (secondary N) is 2. The van der Waals surface area contributed by atoms with Gasteiger partial charge in [0, 0.05) is 51.9 Å². The van der Waals surface area contributed by atoms with Crippen molar-refractivity contribution in [3.05, 3.63) is 0 Å². The molecule has 5 nitrogen and oxygen atoms in total. The number of aliphatic imine (C=N–C) groups is 1. The molecule has 3 fully saturated rings. The van der Waals surface area contributed by atoms with E-state index in [9.17, 15) is 0 Å². The lowest BCUT2D eigenvalue weighted by Gasteiger charge is -2.31. The van der Waals surface area contributed by atoms with Gasteiger partial charge >= 0.3 is 0 Å². The van der Waals surface area contributed by atoms with Crippen molar-refractivity contribution < 1.29 is 0 Å². The van der Waals surface area contributed by atoms with Gasteiger partial charge in [0.05, 0.1) is 0 Å². The average Bonchev–Trinajstić information content (AvgIpc) is 3.31. The molecule has 0 amide bonds. The van der Waals surface area contributed by atoms with Gasteiger partial charge in [-0.05, 0) is 44.1 Å².